The zero-order valence-corrected chi connectivity index (χ0v) is 14.9. The lowest BCUT2D eigenvalue weighted by atomic mass is 10.1. The maximum atomic E-state index is 12.4. The van der Waals surface area contributed by atoms with E-state index in [1.54, 1.807) is 25.3 Å². The molecule has 0 fully saturated rings. The van der Waals surface area contributed by atoms with Gasteiger partial charge in [0, 0.05) is 6.54 Å². The number of nitrogens with one attached hydrogen (secondary N) is 1. The molecule has 0 unspecified atom stereocenters. The topological polar surface area (TPSA) is 86.1 Å². The highest BCUT2D eigenvalue weighted by Gasteiger charge is 2.11. The van der Waals surface area contributed by atoms with Crippen molar-refractivity contribution < 1.29 is 9.53 Å². The van der Waals surface area contributed by atoms with Crippen LogP contribution in [0.2, 0.25) is 5.02 Å². The fourth-order valence-electron chi connectivity index (χ4n) is 2.50. The first kappa shape index (κ1) is 17.9. The van der Waals surface area contributed by atoms with Crippen molar-refractivity contribution in [2.75, 3.05) is 13.7 Å². The van der Waals surface area contributed by atoms with E-state index in [1.807, 2.05) is 24.3 Å². The number of methoxy groups -OCH3 is 1. The number of benzene rings is 2. The average molecular weight is 373 g/mol. The predicted molar refractivity (Wildman–Crippen MR) is 98.5 cm³/mol. The van der Waals surface area contributed by atoms with Crippen molar-refractivity contribution in [3.63, 3.8) is 0 Å². The van der Waals surface area contributed by atoms with Gasteiger partial charge in [-0.3, -0.25) is 9.59 Å². The zero-order valence-electron chi connectivity index (χ0n) is 14.1. The van der Waals surface area contributed by atoms with E-state index >= 15 is 0 Å². The first-order valence-electron chi connectivity index (χ1n) is 8.00. The third-order valence-electron chi connectivity index (χ3n) is 3.89. The van der Waals surface area contributed by atoms with Crippen LogP contribution in [0.5, 0.6) is 5.75 Å². The number of halogens is 1. The number of carbonyl (C=O) groups is 1. The van der Waals surface area contributed by atoms with Gasteiger partial charge in [-0.15, -0.1) is 5.10 Å². The molecule has 3 rings (SSSR count). The van der Waals surface area contributed by atoms with Crippen LogP contribution in [-0.4, -0.2) is 34.6 Å². The largest absolute Gasteiger partial charge is 0.497 e. The fourth-order valence-corrected chi connectivity index (χ4v) is 2.71. The van der Waals surface area contributed by atoms with E-state index in [4.69, 9.17) is 16.3 Å². The summed E-state index contributed by atoms with van der Waals surface area (Å²) in [7, 11) is 1.61. The molecule has 0 spiro atoms. The van der Waals surface area contributed by atoms with Crippen molar-refractivity contribution >= 4 is 28.4 Å². The predicted octanol–water partition coefficient (Wildman–Crippen LogP) is 1.81. The lowest BCUT2D eigenvalue weighted by molar-refractivity contribution is -0.121. The molecule has 1 amide bonds. The number of aromatic nitrogens is 3. The van der Waals surface area contributed by atoms with Gasteiger partial charge in [-0.25, -0.2) is 4.68 Å². The van der Waals surface area contributed by atoms with Gasteiger partial charge in [-0.1, -0.05) is 35.0 Å². The maximum absolute atomic E-state index is 12.4. The molecule has 0 aliphatic rings. The minimum Gasteiger partial charge on any atom is -0.497 e. The Morgan fingerprint density at radius 3 is 2.73 bits per heavy atom. The van der Waals surface area contributed by atoms with Crippen molar-refractivity contribution in [3.05, 3.63) is 63.4 Å². The van der Waals surface area contributed by atoms with Crippen LogP contribution in [0.4, 0.5) is 0 Å². The summed E-state index contributed by atoms with van der Waals surface area (Å²) >= 11 is 6.00. The lowest BCUT2D eigenvalue weighted by Crippen LogP contribution is -2.35. The van der Waals surface area contributed by atoms with Crippen LogP contribution in [-0.2, 0) is 17.8 Å². The van der Waals surface area contributed by atoms with E-state index in [0.29, 0.717) is 28.9 Å². The molecule has 1 N–H and O–H groups in total. The molecule has 0 radical (unpaired) electrons. The quantitative estimate of drug-likeness (QED) is 0.713. The van der Waals surface area contributed by atoms with Crippen LogP contribution in [0.3, 0.4) is 0 Å². The Balaban J connectivity index is 1.60. The molecule has 3 aromatic rings. The summed E-state index contributed by atoms with van der Waals surface area (Å²) in [5, 5.41) is 11.2. The van der Waals surface area contributed by atoms with Crippen LogP contribution in [0.1, 0.15) is 5.56 Å². The van der Waals surface area contributed by atoms with Crippen molar-refractivity contribution in [1.29, 1.82) is 0 Å². The van der Waals surface area contributed by atoms with E-state index in [-0.39, 0.29) is 12.5 Å². The second kappa shape index (κ2) is 7.97. The zero-order chi connectivity index (χ0) is 18.5. The molecule has 0 bridgehead atoms. The Hall–Kier alpha value is -2.93. The Labute approximate surface area is 154 Å². The molecule has 1 aromatic heterocycles. The fraction of sp³-hybridized carbons (Fsp3) is 0.222. The van der Waals surface area contributed by atoms with E-state index in [1.165, 1.54) is 0 Å². The highest BCUT2D eigenvalue weighted by Crippen LogP contribution is 2.17. The van der Waals surface area contributed by atoms with Crippen molar-refractivity contribution in [2.24, 2.45) is 0 Å². The summed E-state index contributed by atoms with van der Waals surface area (Å²) in [5.74, 6) is 0.475. The molecule has 7 nitrogen and oxygen atoms in total. The van der Waals surface area contributed by atoms with Crippen molar-refractivity contribution in [1.82, 2.24) is 20.3 Å². The number of hydrogen-bond donors (Lipinski definition) is 1. The van der Waals surface area contributed by atoms with Gasteiger partial charge in [-0.05, 0) is 36.2 Å². The molecular weight excluding hydrogens is 356 g/mol. The first-order valence-corrected chi connectivity index (χ1v) is 8.38. The third kappa shape index (κ3) is 4.00. The molecule has 2 aromatic carbocycles. The summed E-state index contributed by atoms with van der Waals surface area (Å²) < 4.78 is 6.13. The molecule has 26 heavy (non-hydrogen) atoms. The second-order valence-electron chi connectivity index (χ2n) is 5.64. The van der Waals surface area contributed by atoms with Gasteiger partial charge in [0.1, 0.15) is 17.8 Å². The van der Waals surface area contributed by atoms with Gasteiger partial charge >= 0.3 is 0 Å². The highest BCUT2D eigenvalue weighted by atomic mass is 35.5. The highest BCUT2D eigenvalue weighted by molar-refractivity contribution is 6.34. The van der Waals surface area contributed by atoms with Gasteiger partial charge in [0.05, 0.1) is 17.5 Å². The first-order chi connectivity index (χ1) is 12.6. The number of ether oxygens (including phenoxy) is 1. The summed E-state index contributed by atoms with van der Waals surface area (Å²) in [4.78, 5) is 24.5. The Morgan fingerprint density at radius 1 is 1.23 bits per heavy atom. The molecule has 0 saturated heterocycles. The molecule has 0 aliphatic carbocycles. The van der Waals surface area contributed by atoms with Crippen LogP contribution < -0.4 is 15.6 Å². The van der Waals surface area contributed by atoms with E-state index < -0.39 is 5.56 Å². The Bertz CT molecular complexity index is 986. The SMILES string of the molecule is COc1ccc(CCNC(=O)Cn2nnc3c(Cl)cccc3c2=O)cc1. The summed E-state index contributed by atoms with van der Waals surface area (Å²) in [5.41, 5.74) is 1.00. The van der Waals surface area contributed by atoms with E-state index in [0.717, 1.165) is 16.0 Å². The van der Waals surface area contributed by atoms with Gasteiger partial charge in [0.2, 0.25) is 5.91 Å². The molecule has 0 atom stereocenters. The standard InChI is InChI=1S/C18H17ClN4O3/c1-26-13-7-5-12(6-8-13)9-10-20-16(24)11-23-18(25)14-3-2-4-15(19)17(14)21-22-23/h2-8H,9-11H2,1H3,(H,20,24). The third-order valence-corrected chi connectivity index (χ3v) is 4.20. The minimum absolute atomic E-state index is 0.198. The summed E-state index contributed by atoms with van der Waals surface area (Å²) in [6, 6.07) is 12.5. The maximum Gasteiger partial charge on any atom is 0.278 e. The Kier molecular flexibility index (Phi) is 5.48. The van der Waals surface area contributed by atoms with Crippen LogP contribution in [0.15, 0.2) is 47.3 Å². The average Bonchev–Trinajstić information content (AvgIpc) is 2.65. The number of amides is 1. The van der Waals surface area contributed by atoms with Gasteiger partial charge in [-0.2, -0.15) is 0 Å². The number of hydrogen-bond acceptors (Lipinski definition) is 5. The van der Waals surface area contributed by atoms with Gasteiger partial charge in [0.25, 0.3) is 5.56 Å². The van der Waals surface area contributed by atoms with Crippen LogP contribution in [0.25, 0.3) is 10.9 Å². The van der Waals surface area contributed by atoms with Crippen LogP contribution in [0, 0.1) is 0 Å². The summed E-state index contributed by atoms with van der Waals surface area (Å²) in [6.45, 7) is 0.254. The summed E-state index contributed by atoms with van der Waals surface area (Å²) in [6.07, 6.45) is 0.670. The van der Waals surface area contributed by atoms with Crippen molar-refractivity contribution in [2.45, 2.75) is 13.0 Å². The number of carbonyl (C=O) groups excluding carboxylic acids is 1. The van der Waals surface area contributed by atoms with Crippen molar-refractivity contribution in [3.8, 4) is 5.75 Å². The van der Waals surface area contributed by atoms with Gasteiger partial charge < -0.3 is 10.1 Å². The lowest BCUT2D eigenvalue weighted by Gasteiger charge is -2.08. The molecule has 8 heteroatoms. The van der Waals surface area contributed by atoms with E-state index in [2.05, 4.69) is 15.6 Å². The molecule has 1 heterocycles. The molecule has 134 valence electrons. The number of rotatable bonds is 6. The Morgan fingerprint density at radius 2 is 2.00 bits per heavy atom. The normalized spacial score (nSPS) is 10.7. The monoisotopic (exact) mass is 372 g/mol. The van der Waals surface area contributed by atoms with Crippen LogP contribution >= 0.6 is 11.6 Å². The minimum atomic E-state index is -0.400. The molecule has 0 aliphatic heterocycles. The second-order valence-corrected chi connectivity index (χ2v) is 6.04. The molecule has 0 saturated carbocycles. The smallest absolute Gasteiger partial charge is 0.278 e. The van der Waals surface area contributed by atoms with E-state index in [9.17, 15) is 9.59 Å². The number of nitrogens with zero attached hydrogens (tertiary/aromatic N) is 3. The molecular formula is C18H17ClN4O3. The number of fused-ring (bicyclic) bond motifs is 1. The van der Waals surface area contributed by atoms with Gasteiger partial charge in [0.15, 0.2) is 0 Å².